The molecule has 2 heterocycles. The van der Waals surface area contributed by atoms with Crippen LogP contribution in [0, 0.1) is 0 Å². The number of carbonyl (C=O) groups is 1. The minimum Gasteiger partial charge on any atom is -0.304 e. The fraction of sp³-hybridized carbons (Fsp3) is 0.917. The van der Waals surface area contributed by atoms with Crippen molar-refractivity contribution < 1.29 is 4.79 Å². The van der Waals surface area contributed by atoms with E-state index in [2.05, 4.69) is 21.7 Å². The molecule has 0 bridgehead atoms. The van der Waals surface area contributed by atoms with Crippen LogP contribution in [0.4, 0.5) is 0 Å². The lowest BCUT2D eigenvalue weighted by molar-refractivity contribution is -0.121. The van der Waals surface area contributed by atoms with E-state index in [1.54, 1.807) is 0 Å². The molecule has 92 valence electrons. The summed E-state index contributed by atoms with van der Waals surface area (Å²) in [5.74, 6) is 0.441. The van der Waals surface area contributed by atoms with Crippen LogP contribution < -0.4 is 0 Å². The Labute approximate surface area is 98.2 Å². The average molecular weight is 225 g/mol. The highest BCUT2D eigenvalue weighted by Gasteiger charge is 2.18. The first-order valence-electron chi connectivity index (χ1n) is 6.39. The zero-order valence-corrected chi connectivity index (χ0v) is 10.3. The van der Waals surface area contributed by atoms with Crippen LogP contribution in [-0.2, 0) is 4.79 Å². The summed E-state index contributed by atoms with van der Waals surface area (Å²) in [6, 6.07) is 0. The third-order valence-corrected chi connectivity index (χ3v) is 3.74. The minimum atomic E-state index is 0.441. The van der Waals surface area contributed by atoms with Crippen molar-refractivity contribution in [3.05, 3.63) is 0 Å². The van der Waals surface area contributed by atoms with Crippen LogP contribution in [0.2, 0.25) is 0 Å². The molecule has 2 rings (SSSR count). The van der Waals surface area contributed by atoms with Gasteiger partial charge in [-0.2, -0.15) is 0 Å². The van der Waals surface area contributed by atoms with E-state index in [0.29, 0.717) is 5.78 Å². The molecule has 0 radical (unpaired) electrons. The molecule has 0 atom stereocenters. The maximum Gasteiger partial charge on any atom is 0.135 e. The molecule has 0 unspecified atom stereocenters. The third kappa shape index (κ3) is 3.54. The molecule has 4 heteroatoms. The maximum absolute atomic E-state index is 11.1. The number of carbonyl (C=O) groups excluding carboxylic acids is 1. The van der Waals surface area contributed by atoms with Crippen molar-refractivity contribution in [1.29, 1.82) is 0 Å². The lowest BCUT2D eigenvalue weighted by Gasteiger charge is -2.34. The first-order chi connectivity index (χ1) is 7.74. The summed E-state index contributed by atoms with van der Waals surface area (Å²) < 4.78 is 0. The van der Waals surface area contributed by atoms with Crippen molar-refractivity contribution in [3.8, 4) is 0 Å². The second-order valence-corrected chi connectivity index (χ2v) is 5.03. The van der Waals surface area contributed by atoms with Gasteiger partial charge in [-0.1, -0.05) is 0 Å². The van der Waals surface area contributed by atoms with Gasteiger partial charge in [-0.05, 0) is 7.05 Å². The van der Waals surface area contributed by atoms with Gasteiger partial charge >= 0.3 is 0 Å². The van der Waals surface area contributed by atoms with Crippen molar-refractivity contribution in [2.75, 3.05) is 59.4 Å². The Kier molecular flexibility index (Phi) is 4.32. The van der Waals surface area contributed by atoms with Gasteiger partial charge in [0, 0.05) is 65.2 Å². The number of ketones is 1. The molecule has 2 fully saturated rings. The van der Waals surface area contributed by atoms with Gasteiger partial charge in [0.2, 0.25) is 0 Å². The number of piperazine rings is 1. The third-order valence-electron chi connectivity index (χ3n) is 3.74. The van der Waals surface area contributed by atoms with Gasteiger partial charge in [-0.3, -0.25) is 9.69 Å². The Morgan fingerprint density at radius 3 is 1.94 bits per heavy atom. The Morgan fingerprint density at radius 1 is 0.875 bits per heavy atom. The number of Topliss-reactive ketones (excluding diaryl/α,β-unsaturated/α-hetero) is 1. The van der Waals surface area contributed by atoms with Crippen LogP contribution in [0.3, 0.4) is 0 Å². The molecule has 2 aliphatic rings. The molecule has 2 aliphatic heterocycles. The predicted molar refractivity (Wildman–Crippen MR) is 64.6 cm³/mol. The topological polar surface area (TPSA) is 26.8 Å². The molecule has 0 amide bonds. The number of likely N-dealkylation sites (tertiary alicyclic amines) is 1. The van der Waals surface area contributed by atoms with Gasteiger partial charge in [0.25, 0.3) is 0 Å². The smallest absolute Gasteiger partial charge is 0.135 e. The number of likely N-dealkylation sites (N-methyl/N-ethyl adjacent to an activating group) is 1. The molecule has 16 heavy (non-hydrogen) atoms. The lowest BCUT2D eigenvalue weighted by Crippen LogP contribution is -2.47. The summed E-state index contributed by atoms with van der Waals surface area (Å²) in [7, 11) is 2.19. The van der Waals surface area contributed by atoms with Crippen molar-refractivity contribution >= 4 is 5.78 Å². The van der Waals surface area contributed by atoms with E-state index in [-0.39, 0.29) is 0 Å². The van der Waals surface area contributed by atoms with E-state index in [1.165, 1.54) is 32.7 Å². The first-order valence-corrected chi connectivity index (χ1v) is 6.39. The minimum absolute atomic E-state index is 0.441. The molecular weight excluding hydrogens is 202 g/mol. The van der Waals surface area contributed by atoms with Crippen molar-refractivity contribution in [3.63, 3.8) is 0 Å². The van der Waals surface area contributed by atoms with E-state index >= 15 is 0 Å². The molecule has 2 saturated heterocycles. The predicted octanol–water partition coefficient (Wildman–Crippen LogP) is -0.101. The van der Waals surface area contributed by atoms with Crippen molar-refractivity contribution in [2.45, 2.75) is 12.8 Å². The fourth-order valence-electron chi connectivity index (χ4n) is 2.38. The van der Waals surface area contributed by atoms with Crippen LogP contribution >= 0.6 is 0 Å². The number of rotatable bonds is 3. The zero-order valence-electron chi connectivity index (χ0n) is 10.3. The molecule has 0 N–H and O–H groups in total. The van der Waals surface area contributed by atoms with Crippen LogP contribution in [0.1, 0.15) is 12.8 Å². The van der Waals surface area contributed by atoms with Crippen LogP contribution in [0.15, 0.2) is 0 Å². The monoisotopic (exact) mass is 225 g/mol. The van der Waals surface area contributed by atoms with Crippen LogP contribution in [0.5, 0.6) is 0 Å². The number of hydrogen-bond donors (Lipinski definition) is 0. The Hall–Kier alpha value is -0.450. The SMILES string of the molecule is CN1CCN(CCN2CCC(=O)CC2)CC1. The van der Waals surface area contributed by atoms with Crippen LogP contribution in [0.25, 0.3) is 0 Å². The summed E-state index contributed by atoms with van der Waals surface area (Å²) in [5, 5.41) is 0. The highest BCUT2D eigenvalue weighted by Crippen LogP contribution is 2.06. The normalized spacial score (nSPS) is 26.2. The van der Waals surface area contributed by atoms with E-state index in [4.69, 9.17) is 0 Å². The number of hydrogen-bond acceptors (Lipinski definition) is 4. The highest BCUT2D eigenvalue weighted by atomic mass is 16.1. The molecule has 0 saturated carbocycles. The number of nitrogens with zero attached hydrogens (tertiary/aromatic N) is 3. The van der Waals surface area contributed by atoms with Crippen molar-refractivity contribution in [2.24, 2.45) is 0 Å². The molecule has 0 aliphatic carbocycles. The van der Waals surface area contributed by atoms with E-state index in [0.717, 1.165) is 32.5 Å². The highest BCUT2D eigenvalue weighted by molar-refractivity contribution is 5.79. The van der Waals surface area contributed by atoms with Gasteiger partial charge in [0.15, 0.2) is 0 Å². The molecule has 0 aromatic heterocycles. The van der Waals surface area contributed by atoms with E-state index in [9.17, 15) is 4.79 Å². The van der Waals surface area contributed by atoms with Gasteiger partial charge in [0.05, 0.1) is 0 Å². The van der Waals surface area contributed by atoms with E-state index in [1.807, 2.05) is 0 Å². The Balaban J connectivity index is 1.62. The second kappa shape index (κ2) is 5.75. The maximum atomic E-state index is 11.1. The van der Waals surface area contributed by atoms with Gasteiger partial charge < -0.3 is 9.80 Å². The second-order valence-electron chi connectivity index (χ2n) is 5.03. The Bertz CT molecular complexity index is 226. The summed E-state index contributed by atoms with van der Waals surface area (Å²) in [4.78, 5) is 18.5. The summed E-state index contributed by atoms with van der Waals surface area (Å²) in [6.07, 6.45) is 1.53. The lowest BCUT2D eigenvalue weighted by atomic mass is 10.1. The van der Waals surface area contributed by atoms with Gasteiger partial charge in [-0.15, -0.1) is 0 Å². The summed E-state index contributed by atoms with van der Waals surface area (Å²) in [6.45, 7) is 9.04. The van der Waals surface area contributed by atoms with Crippen LogP contribution in [-0.4, -0.2) is 79.9 Å². The molecule has 0 aromatic rings. The van der Waals surface area contributed by atoms with E-state index < -0.39 is 0 Å². The summed E-state index contributed by atoms with van der Waals surface area (Å²) in [5.41, 5.74) is 0. The zero-order chi connectivity index (χ0) is 11.4. The molecule has 0 spiro atoms. The summed E-state index contributed by atoms with van der Waals surface area (Å²) >= 11 is 0. The fourth-order valence-corrected chi connectivity index (χ4v) is 2.38. The van der Waals surface area contributed by atoms with Gasteiger partial charge in [0.1, 0.15) is 5.78 Å². The Morgan fingerprint density at radius 2 is 1.38 bits per heavy atom. The first kappa shape index (κ1) is 12.0. The molecule has 4 nitrogen and oxygen atoms in total. The standard InChI is InChI=1S/C12H23N3O/c1-13-6-8-15(9-7-13)11-10-14-4-2-12(16)3-5-14/h2-11H2,1H3. The molecular formula is C12H23N3O. The average Bonchev–Trinajstić information content (AvgIpc) is 2.30. The quantitative estimate of drug-likeness (QED) is 0.670. The number of piperidine rings is 1. The van der Waals surface area contributed by atoms with Gasteiger partial charge in [-0.25, -0.2) is 0 Å². The molecule has 0 aromatic carbocycles. The van der Waals surface area contributed by atoms with Crippen molar-refractivity contribution in [1.82, 2.24) is 14.7 Å². The largest absolute Gasteiger partial charge is 0.304 e.